The van der Waals surface area contributed by atoms with Gasteiger partial charge in [0.1, 0.15) is 11.6 Å². The van der Waals surface area contributed by atoms with Gasteiger partial charge in [-0.1, -0.05) is 91.0 Å². The summed E-state index contributed by atoms with van der Waals surface area (Å²) in [5.41, 5.74) is 25.9. The first-order valence-electron chi connectivity index (χ1n) is 19.9. The van der Waals surface area contributed by atoms with Crippen molar-refractivity contribution in [1.29, 1.82) is 0 Å². The minimum absolute atomic E-state index is 0.0886. The van der Waals surface area contributed by atoms with Gasteiger partial charge in [-0.2, -0.15) is 0 Å². The predicted molar refractivity (Wildman–Crippen MR) is 224 cm³/mol. The SMILES string of the molecule is Nc1cccc(-c2ccc(CCN3CCN(CC(N)c4ccccc4)CC3)cc2)n1.Nc1cccc(-c2ccc(CCNC3CC4COCC(C3)N4)cc2)n1. The average Bonchev–Trinajstić information content (AvgIpc) is 3.21. The number of nitrogen functional groups attached to an aromatic ring is 2. The van der Waals surface area contributed by atoms with Crippen molar-refractivity contribution < 1.29 is 4.74 Å². The standard InChI is InChI=1S/C25H31N5.C20H26N4O/c26-23(21-5-2-1-3-6-21)19-30-17-15-29(16-18-30)14-13-20-9-11-22(12-10-20)24-7-4-8-25(27)28-24;21-20-3-1-2-19(24-20)15-6-4-14(5-7-15)8-9-22-16-10-17-12-25-13-18(11-16)23-17/h1-12,23H,13-19,26H2,(H2,27,28);1-7,16-18,22-23H,8-13H2,(H2,21,24). The molecule has 10 nitrogen and oxygen atoms in total. The smallest absolute Gasteiger partial charge is 0.124 e. The molecule has 3 aromatic carbocycles. The molecule has 2 bridgehead atoms. The Labute approximate surface area is 326 Å². The first-order chi connectivity index (χ1) is 26.9. The van der Waals surface area contributed by atoms with E-state index in [1.54, 1.807) is 0 Å². The van der Waals surface area contributed by atoms with E-state index in [9.17, 15) is 0 Å². The number of ether oxygens (including phenoxy) is 1. The minimum atomic E-state index is 0.0886. The van der Waals surface area contributed by atoms with E-state index in [2.05, 4.69) is 103 Å². The first-order valence-corrected chi connectivity index (χ1v) is 19.9. The lowest BCUT2D eigenvalue weighted by Gasteiger charge is -2.40. The Morgan fingerprint density at radius 1 is 0.655 bits per heavy atom. The number of aromatic nitrogens is 2. The fraction of sp³-hybridized carbons (Fsp3) is 0.378. The number of morpholine rings is 1. The molecule has 8 rings (SSSR count). The number of nitrogens with one attached hydrogen (secondary N) is 2. The molecule has 5 aromatic rings. The fourth-order valence-electron chi connectivity index (χ4n) is 7.90. The molecule has 0 amide bonds. The summed E-state index contributed by atoms with van der Waals surface area (Å²) in [6.07, 6.45) is 4.43. The molecule has 288 valence electrons. The van der Waals surface area contributed by atoms with Gasteiger partial charge in [-0.15, -0.1) is 0 Å². The molecule has 3 unspecified atom stereocenters. The van der Waals surface area contributed by atoms with Gasteiger partial charge in [0.05, 0.1) is 24.6 Å². The Bertz CT molecular complexity index is 1890. The second-order valence-electron chi connectivity index (χ2n) is 15.2. The van der Waals surface area contributed by atoms with Crippen LogP contribution in [0.25, 0.3) is 22.5 Å². The fourth-order valence-corrected chi connectivity index (χ4v) is 7.90. The quantitative estimate of drug-likeness (QED) is 0.116. The van der Waals surface area contributed by atoms with E-state index in [1.807, 2.05) is 42.5 Å². The number of fused-ring (bicyclic) bond motifs is 2. The number of pyridine rings is 2. The zero-order valence-corrected chi connectivity index (χ0v) is 31.9. The second-order valence-corrected chi connectivity index (χ2v) is 15.2. The number of hydrogen-bond acceptors (Lipinski definition) is 10. The highest BCUT2D eigenvalue weighted by molar-refractivity contribution is 5.62. The maximum atomic E-state index is 6.39. The van der Waals surface area contributed by atoms with Gasteiger partial charge in [-0.05, 0) is 73.2 Å². The summed E-state index contributed by atoms with van der Waals surface area (Å²) in [4.78, 5) is 13.8. The number of hydrogen-bond donors (Lipinski definition) is 5. The normalized spacial score (nSPS) is 20.6. The van der Waals surface area contributed by atoms with Crippen LogP contribution in [0.3, 0.4) is 0 Å². The van der Waals surface area contributed by atoms with E-state index in [1.165, 1.54) is 16.7 Å². The van der Waals surface area contributed by atoms with E-state index in [0.717, 1.165) is 107 Å². The van der Waals surface area contributed by atoms with E-state index < -0.39 is 0 Å². The Morgan fingerprint density at radius 2 is 1.20 bits per heavy atom. The van der Waals surface area contributed by atoms with Crippen molar-refractivity contribution in [3.8, 4) is 22.5 Å². The highest BCUT2D eigenvalue weighted by Gasteiger charge is 2.31. The van der Waals surface area contributed by atoms with Gasteiger partial charge in [0.15, 0.2) is 0 Å². The highest BCUT2D eigenvalue weighted by atomic mass is 16.5. The van der Waals surface area contributed by atoms with E-state index in [4.69, 9.17) is 21.9 Å². The lowest BCUT2D eigenvalue weighted by molar-refractivity contribution is 0.0148. The lowest BCUT2D eigenvalue weighted by Crippen LogP contribution is -2.58. The first kappa shape index (κ1) is 38.6. The van der Waals surface area contributed by atoms with Crippen LogP contribution in [-0.2, 0) is 17.6 Å². The van der Waals surface area contributed by atoms with Crippen LogP contribution < -0.4 is 27.8 Å². The average molecular weight is 740 g/mol. The largest absolute Gasteiger partial charge is 0.384 e. The Balaban J connectivity index is 0.000000172. The summed E-state index contributed by atoms with van der Waals surface area (Å²) >= 11 is 0. The number of piperazine rings is 1. The Hall–Kier alpha value is -4.68. The third-order valence-corrected chi connectivity index (χ3v) is 11.0. The highest BCUT2D eigenvalue weighted by Crippen LogP contribution is 2.22. The van der Waals surface area contributed by atoms with Gasteiger partial charge in [-0.25, -0.2) is 9.97 Å². The van der Waals surface area contributed by atoms with E-state index in [0.29, 0.717) is 29.8 Å². The maximum absolute atomic E-state index is 6.39. The monoisotopic (exact) mass is 739 g/mol. The van der Waals surface area contributed by atoms with Crippen LogP contribution in [0.4, 0.5) is 11.6 Å². The molecule has 3 aliphatic rings. The van der Waals surface area contributed by atoms with Crippen LogP contribution in [0, 0.1) is 0 Å². The number of nitrogens with zero attached hydrogens (tertiary/aromatic N) is 4. The van der Waals surface area contributed by atoms with Crippen molar-refractivity contribution in [1.82, 2.24) is 30.4 Å². The van der Waals surface area contributed by atoms with Gasteiger partial charge >= 0.3 is 0 Å². The maximum Gasteiger partial charge on any atom is 0.124 e. The van der Waals surface area contributed by atoms with Crippen LogP contribution in [0.15, 0.2) is 115 Å². The number of anilines is 2. The molecule has 0 radical (unpaired) electrons. The topological polar surface area (TPSA) is 144 Å². The Morgan fingerprint density at radius 3 is 1.76 bits per heavy atom. The minimum Gasteiger partial charge on any atom is -0.384 e. The molecule has 2 aromatic heterocycles. The molecule has 10 heteroatoms. The molecular weight excluding hydrogens is 683 g/mol. The molecule has 3 aliphatic heterocycles. The molecule has 0 saturated carbocycles. The summed E-state index contributed by atoms with van der Waals surface area (Å²) in [6, 6.07) is 40.9. The summed E-state index contributed by atoms with van der Waals surface area (Å²) in [5, 5.41) is 7.36. The molecular formula is C45H57N9O. The van der Waals surface area contributed by atoms with E-state index in [-0.39, 0.29) is 6.04 Å². The molecule has 5 heterocycles. The van der Waals surface area contributed by atoms with Crippen LogP contribution in [0.1, 0.15) is 35.6 Å². The zero-order chi connectivity index (χ0) is 37.8. The van der Waals surface area contributed by atoms with Gasteiger partial charge in [0, 0.05) is 74.6 Å². The number of rotatable bonds is 12. The van der Waals surface area contributed by atoms with Crippen molar-refractivity contribution in [3.05, 3.63) is 132 Å². The summed E-state index contributed by atoms with van der Waals surface area (Å²) in [5.74, 6) is 1.11. The van der Waals surface area contributed by atoms with Crippen molar-refractivity contribution in [2.45, 2.75) is 49.9 Å². The second kappa shape index (κ2) is 19.3. The number of nitrogens with two attached hydrogens (primary N) is 3. The third kappa shape index (κ3) is 11.4. The van der Waals surface area contributed by atoms with Gasteiger partial charge in [0.2, 0.25) is 0 Å². The molecule has 0 spiro atoms. The van der Waals surface area contributed by atoms with Crippen molar-refractivity contribution in [3.63, 3.8) is 0 Å². The molecule has 8 N–H and O–H groups in total. The van der Waals surface area contributed by atoms with Crippen LogP contribution >= 0.6 is 0 Å². The van der Waals surface area contributed by atoms with Crippen LogP contribution in [0.2, 0.25) is 0 Å². The van der Waals surface area contributed by atoms with Crippen molar-refractivity contribution in [2.24, 2.45) is 5.73 Å². The Kier molecular flexibility index (Phi) is 13.5. The molecule has 3 saturated heterocycles. The molecule has 55 heavy (non-hydrogen) atoms. The van der Waals surface area contributed by atoms with Gasteiger partial charge in [0.25, 0.3) is 0 Å². The predicted octanol–water partition coefficient (Wildman–Crippen LogP) is 5.17. The van der Waals surface area contributed by atoms with Crippen molar-refractivity contribution in [2.75, 3.05) is 70.5 Å². The summed E-state index contributed by atoms with van der Waals surface area (Å²) in [6.45, 7) is 9.12. The third-order valence-electron chi connectivity index (χ3n) is 11.0. The lowest BCUT2D eigenvalue weighted by atomic mass is 9.92. The summed E-state index contributed by atoms with van der Waals surface area (Å²) in [7, 11) is 0. The van der Waals surface area contributed by atoms with Crippen molar-refractivity contribution >= 4 is 11.6 Å². The number of piperidine rings is 1. The van der Waals surface area contributed by atoms with Crippen LogP contribution in [-0.4, -0.2) is 96.9 Å². The number of benzene rings is 3. The van der Waals surface area contributed by atoms with Crippen LogP contribution in [0.5, 0.6) is 0 Å². The van der Waals surface area contributed by atoms with E-state index >= 15 is 0 Å². The molecule has 0 aliphatic carbocycles. The summed E-state index contributed by atoms with van der Waals surface area (Å²) < 4.78 is 5.61. The molecule has 3 atom stereocenters. The van der Waals surface area contributed by atoms with Gasteiger partial charge < -0.3 is 37.5 Å². The molecule has 3 fully saturated rings. The zero-order valence-electron chi connectivity index (χ0n) is 31.9. The van der Waals surface area contributed by atoms with Gasteiger partial charge in [-0.3, -0.25) is 4.90 Å².